The highest BCUT2D eigenvalue weighted by molar-refractivity contribution is 4.99. The second kappa shape index (κ2) is 14.2. The Kier molecular flexibility index (Phi) is 11.7. The fourth-order valence-electron chi connectivity index (χ4n) is 6.90. The molecule has 3 aliphatic rings. The summed E-state index contributed by atoms with van der Waals surface area (Å²) in [4.78, 5) is 8.81. The largest absolute Gasteiger partial charge is 0.291 e. The van der Waals surface area contributed by atoms with Crippen LogP contribution in [0.2, 0.25) is 0 Å². The maximum absolute atomic E-state index is 3.04. The number of hydrogen-bond acceptors (Lipinski definition) is 3. The Labute approximate surface area is 195 Å². The van der Waals surface area contributed by atoms with Gasteiger partial charge < -0.3 is 0 Å². The van der Waals surface area contributed by atoms with Crippen LogP contribution in [0.3, 0.4) is 0 Å². The van der Waals surface area contributed by atoms with Gasteiger partial charge in [0.15, 0.2) is 0 Å². The molecule has 3 heterocycles. The molecule has 3 heteroatoms. The quantitative estimate of drug-likeness (QED) is 0.369. The lowest BCUT2D eigenvalue weighted by molar-refractivity contribution is -0.00800. The first-order valence-electron chi connectivity index (χ1n) is 14.5. The zero-order chi connectivity index (χ0) is 21.9. The molecule has 0 aliphatic carbocycles. The van der Waals surface area contributed by atoms with Crippen LogP contribution < -0.4 is 0 Å². The third-order valence-electron chi connectivity index (χ3n) is 8.74. The van der Waals surface area contributed by atoms with Crippen molar-refractivity contribution in [3.05, 3.63) is 0 Å². The van der Waals surface area contributed by atoms with Gasteiger partial charge in [0, 0.05) is 12.1 Å². The molecule has 4 atom stereocenters. The maximum atomic E-state index is 3.04. The molecule has 0 N–H and O–H groups in total. The van der Waals surface area contributed by atoms with Gasteiger partial charge in [-0.05, 0) is 59.2 Å². The topological polar surface area (TPSA) is 9.72 Å². The van der Waals surface area contributed by atoms with Crippen molar-refractivity contribution in [2.24, 2.45) is 0 Å². The summed E-state index contributed by atoms with van der Waals surface area (Å²) < 4.78 is 0. The summed E-state index contributed by atoms with van der Waals surface area (Å²) in [6, 6.07) is 1.50. The van der Waals surface area contributed by atoms with Crippen molar-refractivity contribution in [3.8, 4) is 0 Å². The lowest BCUT2D eigenvalue weighted by Gasteiger charge is -2.42. The number of rotatable bonds is 8. The van der Waals surface area contributed by atoms with Gasteiger partial charge in [-0.25, -0.2) is 0 Å². The molecule has 3 saturated heterocycles. The molecule has 0 amide bonds. The highest BCUT2D eigenvalue weighted by Crippen LogP contribution is 2.37. The first kappa shape index (κ1) is 25.5. The average Bonchev–Trinajstić information content (AvgIpc) is 3.12. The van der Waals surface area contributed by atoms with Crippen LogP contribution >= 0.6 is 0 Å². The van der Waals surface area contributed by atoms with E-state index in [1.54, 1.807) is 0 Å². The highest BCUT2D eigenvalue weighted by atomic mass is 15.5. The van der Waals surface area contributed by atoms with E-state index in [2.05, 4.69) is 35.6 Å². The van der Waals surface area contributed by atoms with Crippen molar-refractivity contribution >= 4 is 0 Å². The molecule has 0 aromatic carbocycles. The van der Waals surface area contributed by atoms with Gasteiger partial charge in [-0.15, -0.1) is 0 Å². The zero-order valence-electron chi connectivity index (χ0n) is 21.5. The van der Waals surface area contributed by atoms with Gasteiger partial charge >= 0.3 is 0 Å². The summed E-state index contributed by atoms with van der Waals surface area (Å²) >= 11 is 0. The van der Waals surface area contributed by atoms with E-state index in [1.165, 1.54) is 135 Å². The molecular formula is C28H55N3. The fraction of sp³-hybridized carbons (Fsp3) is 1.00. The molecule has 0 saturated carbocycles. The third kappa shape index (κ3) is 7.44. The standard InChI is InChI=1S/C28H55N3/c1-4-5-6-7-10-15-20-26-25(2)31(27-21-16-11-8-13-18-23-29(27)3)28-22-17-12-9-14-19-24-30(26)28/h25-28H,4-24H2,1-3H3. The van der Waals surface area contributed by atoms with E-state index < -0.39 is 0 Å². The Morgan fingerprint density at radius 2 is 1.23 bits per heavy atom. The summed E-state index contributed by atoms with van der Waals surface area (Å²) in [6.45, 7) is 7.57. The molecule has 3 nitrogen and oxygen atoms in total. The van der Waals surface area contributed by atoms with Crippen molar-refractivity contribution in [1.29, 1.82) is 0 Å². The monoisotopic (exact) mass is 433 g/mol. The van der Waals surface area contributed by atoms with E-state index in [-0.39, 0.29) is 0 Å². The zero-order valence-corrected chi connectivity index (χ0v) is 21.5. The number of hydrogen-bond donors (Lipinski definition) is 0. The van der Waals surface area contributed by atoms with Crippen LogP contribution in [0, 0.1) is 0 Å². The fourth-order valence-corrected chi connectivity index (χ4v) is 6.90. The van der Waals surface area contributed by atoms with Crippen LogP contribution in [0.4, 0.5) is 0 Å². The highest BCUT2D eigenvalue weighted by Gasteiger charge is 2.47. The molecule has 31 heavy (non-hydrogen) atoms. The molecule has 0 bridgehead atoms. The Morgan fingerprint density at radius 1 is 0.645 bits per heavy atom. The Bertz CT molecular complexity index is 467. The van der Waals surface area contributed by atoms with Gasteiger partial charge in [-0.3, -0.25) is 14.7 Å². The minimum atomic E-state index is 0.663. The van der Waals surface area contributed by atoms with Crippen LogP contribution in [-0.4, -0.2) is 59.3 Å². The van der Waals surface area contributed by atoms with Crippen molar-refractivity contribution in [3.63, 3.8) is 0 Å². The molecule has 0 aromatic rings. The smallest absolute Gasteiger partial charge is 0.0642 e. The molecule has 3 aliphatic heterocycles. The van der Waals surface area contributed by atoms with Crippen molar-refractivity contribution in [2.75, 3.05) is 20.1 Å². The van der Waals surface area contributed by atoms with E-state index in [4.69, 9.17) is 0 Å². The number of unbranched alkanes of at least 4 members (excludes halogenated alkanes) is 5. The van der Waals surface area contributed by atoms with Crippen LogP contribution in [0.1, 0.15) is 136 Å². The summed E-state index contributed by atoms with van der Waals surface area (Å²) in [5, 5.41) is 0. The van der Waals surface area contributed by atoms with Gasteiger partial charge in [-0.2, -0.15) is 0 Å². The molecule has 182 valence electrons. The van der Waals surface area contributed by atoms with Crippen LogP contribution in [-0.2, 0) is 0 Å². The first-order chi connectivity index (χ1) is 15.2. The molecule has 4 unspecified atom stereocenters. The van der Waals surface area contributed by atoms with Crippen molar-refractivity contribution in [1.82, 2.24) is 14.7 Å². The molecule has 0 spiro atoms. The minimum Gasteiger partial charge on any atom is -0.291 e. The summed E-state index contributed by atoms with van der Waals surface area (Å²) in [5.41, 5.74) is 0. The lowest BCUT2D eigenvalue weighted by Crippen LogP contribution is -2.53. The summed E-state index contributed by atoms with van der Waals surface area (Å²) in [6.07, 6.45) is 28.5. The first-order valence-corrected chi connectivity index (χ1v) is 14.5. The van der Waals surface area contributed by atoms with Gasteiger partial charge in [0.25, 0.3) is 0 Å². The van der Waals surface area contributed by atoms with E-state index in [0.717, 1.165) is 6.04 Å². The molecule has 3 rings (SSSR count). The third-order valence-corrected chi connectivity index (χ3v) is 8.74. The number of nitrogens with zero attached hydrogens (tertiary/aromatic N) is 3. The SMILES string of the molecule is CCCCCCCCC1C(C)N(C2CCCCCCCN2C)C2CCCCCCCN12. The summed E-state index contributed by atoms with van der Waals surface area (Å²) in [7, 11) is 2.43. The Balaban J connectivity index is 1.71. The predicted molar refractivity (Wildman–Crippen MR) is 135 cm³/mol. The van der Waals surface area contributed by atoms with Gasteiger partial charge in [0.1, 0.15) is 0 Å². The molecule has 3 fully saturated rings. The summed E-state index contributed by atoms with van der Waals surface area (Å²) in [5.74, 6) is 0. The van der Waals surface area contributed by atoms with Crippen molar-refractivity contribution in [2.45, 2.75) is 160 Å². The van der Waals surface area contributed by atoms with E-state index in [9.17, 15) is 0 Å². The minimum absolute atomic E-state index is 0.663. The van der Waals surface area contributed by atoms with Crippen LogP contribution in [0.15, 0.2) is 0 Å². The van der Waals surface area contributed by atoms with E-state index in [0.29, 0.717) is 18.4 Å². The molecule has 0 radical (unpaired) electrons. The lowest BCUT2D eigenvalue weighted by atomic mass is 9.99. The van der Waals surface area contributed by atoms with E-state index >= 15 is 0 Å². The van der Waals surface area contributed by atoms with Crippen LogP contribution in [0.5, 0.6) is 0 Å². The molecular weight excluding hydrogens is 378 g/mol. The van der Waals surface area contributed by atoms with Crippen molar-refractivity contribution < 1.29 is 0 Å². The Morgan fingerprint density at radius 3 is 1.97 bits per heavy atom. The molecule has 0 aromatic heterocycles. The Hall–Kier alpha value is -0.120. The van der Waals surface area contributed by atoms with Gasteiger partial charge in [0.2, 0.25) is 0 Å². The van der Waals surface area contributed by atoms with Gasteiger partial charge in [-0.1, -0.05) is 96.8 Å². The maximum Gasteiger partial charge on any atom is 0.0642 e. The van der Waals surface area contributed by atoms with E-state index in [1.807, 2.05) is 0 Å². The average molecular weight is 434 g/mol. The van der Waals surface area contributed by atoms with Gasteiger partial charge in [0.05, 0.1) is 12.3 Å². The second-order valence-electron chi connectivity index (χ2n) is 11.1. The van der Waals surface area contributed by atoms with Crippen LogP contribution in [0.25, 0.3) is 0 Å². The normalized spacial score (nSPS) is 33.0. The second-order valence-corrected chi connectivity index (χ2v) is 11.1. The predicted octanol–water partition coefficient (Wildman–Crippen LogP) is 7.40. The number of fused-ring (bicyclic) bond motifs is 1.